The first-order chi connectivity index (χ1) is 26.8. The highest BCUT2D eigenvalue weighted by atomic mass is 16.5. The van der Waals surface area contributed by atoms with Crippen molar-refractivity contribution in [3.63, 3.8) is 0 Å². The first kappa shape index (κ1) is 42.5. The number of rotatable bonds is 18. The van der Waals surface area contributed by atoms with E-state index in [9.17, 15) is 29.1 Å². The molecule has 1 aromatic rings. The molecule has 3 N–H and O–H groups in total. The van der Waals surface area contributed by atoms with Crippen LogP contribution in [-0.4, -0.2) is 152 Å². The van der Waals surface area contributed by atoms with Crippen LogP contribution in [0.2, 0.25) is 0 Å². The van der Waals surface area contributed by atoms with Crippen LogP contribution in [0.3, 0.4) is 0 Å². The maximum Gasteiger partial charge on any atom is 0.315 e. The summed E-state index contributed by atoms with van der Waals surface area (Å²) < 4.78 is 11.3. The number of nitrogens with zero attached hydrogens (tertiary/aromatic N) is 6. The Morgan fingerprint density at radius 1 is 0.839 bits per heavy atom. The van der Waals surface area contributed by atoms with Crippen LogP contribution in [0, 0.1) is 0 Å². The van der Waals surface area contributed by atoms with Gasteiger partial charge in [0, 0.05) is 64.6 Å². The molecule has 0 bridgehead atoms. The van der Waals surface area contributed by atoms with Gasteiger partial charge in [0.1, 0.15) is 24.5 Å². The van der Waals surface area contributed by atoms with E-state index in [1.165, 1.54) is 24.1 Å². The number of nitrogens with one attached hydrogen (secondary N) is 2. The summed E-state index contributed by atoms with van der Waals surface area (Å²) in [5.41, 5.74) is 0.462. The van der Waals surface area contributed by atoms with Crippen LogP contribution in [0.15, 0.2) is 35.1 Å². The van der Waals surface area contributed by atoms with Crippen molar-refractivity contribution in [3.05, 3.63) is 40.7 Å². The lowest BCUT2D eigenvalue weighted by Crippen LogP contribution is -2.83. The molecule has 306 valence electrons. The molecule has 4 aliphatic rings. The average Bonchev–Trinajstić information content (AvgIpc) is 3.57. The zero-order chi connectivity index (χ0) is 40.4. The van der Waals surface area contributed by atoms with Crippen molar-refractivity contribution in [2.24, 2.45) is 0 Å². The summed E-state index contributed by atoms with van der Waals surface area (Å²) in [6, 6.07) is 4.96. The molecule has 16 heteroatoms. The number of carbonyl (C=O) groups is 5. The molecule has 16 nitrogen and oxygen atoms in total. The maximum atomic E-state index is 13.5. The molecule has 0 atom stereocenters. The molecular weight excluding hydrogens is 720 g/mol. The van der Waals surface area contributed by atoms with Crippen LogP contribution >= 0.6 is 0 Å². The topological polar surface area (TPSA) is 169 Å². The predicted molar refractivity (Wildman–Crippen MR) is 211 cm³/mol. The SMILES string of the molecule is CN(CCC(=O)OCCN(CCOC(=O)CCN(C)N1CCCCC1)c1ccc(C2=C(O)/C(=C3/C=[NH+]N(C(C)(C)C)C3=O)C2=O)c(NC=O)c1)N1CCCCC1. The number of allylic oxidation sites excluding steroid dienone is 2. The van der Waals surface area contributed by atoms with Gasteiger partial charge in [-0.3, -0.25) is 24.0 Å². The van der Waals surface area contributed by atoms with Gasteiger partial charge in [0.2, 0.25) is 18.4 Å². The van der Waals surface area contributed by atoms with E-state index in [1.807, 2.05) is 39.8 Å². The number of hydrogen-bond acceptors (Lipinski definition) is 13. The summed E-state index contributed by atoms with van der Waals surface area (Å²) in [5, 5.41) is 26.7. The second kappa shape index (κ2) is 19.5. The average molecular weight is 780 g/mol. The highest BCUT2D eigenvalue weighted by molar-refractivity contribution is 6.43. The van der Waals surface area contributed by atoms with Gasteiger partial charge in [0.15, 0.2) is 0 Å². The number of aliphatic hydroxyl groups is 1. The fourth-order valence-corrected chi connectivity index (χ4v) is 7.36. The zero-order valence-corrected chi connectivity index (χ0v) is 33.6. The summed E-state index contributed by atoms with van der Waals surface area (Å²) in [4.78, 5) is 65.7. The third-order valence-electron chi connectivity index (χ3n) is 10.6. The first-order valence-corrected chi connectivity index (χ1v) is 19.8. The number of anilines is 2. The lowest BCUT2D eigenvalue weighted by molar-refractivity contribution is -0.630. The van der Waals surface area contributed by atoms with Crippen LogP contribution in [-0.2, 0) is 33.4 Å². The molecule has 0 saturated carbocycles. The van der Waals surface area contributed by atoms with Crippen molar-refractivity contribution in [2.45, 2.75) is 77.7 Å². The Labute approximate surface area is 329 Å². The molecule has 56 heavy (non-hydrogen) atoms. The number of hydrazine groups is 3. The second-order valence-electron chi connectivity index (χ2n) is 15.6. The minimum atomic E-state index is -0.572. The van der Waals surface area contributed by atoms with Gasteiger partial charge in [0.25, 0.3) is 0 Å². The number of carbonyl (C=O) groups excluding carboxylic acids is 5. The quantitative estimate of drug-likeness (QED) is 0.111. The summed E-state index contributed by atoms with van der Waals surface area (Å²) in [5.74, 6) is -1.97. The van der Waals surface area contributed by atoms with Crippen molar-refractivity contribution in [2.75, 3.05) is 89.9 Å². The summed E-state index contributed by atoms with van der Waals surface area (Å²) >= 11 is 0. The van der Waals surface area contributed by atoms with Crippen LogP contribution < -0.4 is 15.3 Å². The summed E-state index contributed by atoms with van der Waals surface area (Å²) in [6.45, 7) is 11.2. The predicted octanol–water partition coefficient (Wildman–Crippen LogP) is 1.45. The number of benzene rings is 1. The zero-order valence-electron chi connectivity index (χ0n) is 33.6. The Morgan fingerprint density at radius 3 is 1.84 bits per heavy atom. The fraction of sp³-hybridized carbons (Fsp3) is 0.600. The number of ketones is 1. The van der Waals surface area contributed by atoms with Gasteiger partial charge in [-0.15, -0.1) is 10.1 Å². The number of amides is 2. The Kier molecular flexibility index (Phi) is 14.8. The van der Waals surface area contributed by atoms with E-state index in [2.05, 4.69) is 30.5 Å². The molecule has 1 aliphatic carbocycles. The van der Waals surface area contributed by atoms with Crippen LogP contribution in [0.4, 0.5) is 11.4 Å². The van der Waals surface area contributed by atoms with Gasteiger partial charge in [-0.2, -0.15) is 0 Å². The van der Waals surface area contributed by atoms with Gasteiger partial charge < -0.3 is 24.8 Å². The number of piperidine rings is 2. The number of hydrazone groups is 1. The molecule has 0 unspecified atom stereocenters. The van der Waals surface area contributed by atoms with Crippen molar-refractivity contribution < 1.29 is 43.7 Å². The number of Topliss-reactive ketones (excluding diaryl/α,β-unsaturated/α-hetero) is 1. The molecule has 1 aromatic carbocycles. The van der Waals surface area contributed by atoms with Gasteiger partial charge in [-0.1, -0.05) is 12.8 Å². The Morgan fingerprint density at radius 2 is 1.38 bits per heavy atom. The summed E-state index contributed by atoms with van der Waals surface area (Å²) in [6.07, 6.45) is 9.35. The van der Waals surface area contributed by atoms with Gasteiger partial charge in [0.05, 0.1) is 48.3 Å². The van der Waals surface area contributed by atoms with Crippen molar-refractivity contribution >= 4 is 53.2 Å². The molecule has 2 saturated heterocycles. The standard InChI is InChI=1S/C40H58N8O8/c1-40(2,3)48-39(54)31(27-42-48)36-37(52)35(38(36)53)30-13-12-29(26-32(30)41-28-49)45(22-24-55-33(50)14-20-43(4)46-16-8-6-9-17-46)23-25-56-34(51)15-21-44(5)47-18-10-7-11-19-47/h12-13,26-28,52H,6-11,14-25H2,1-5H3,(H,41,49)/p+1/b36-31+. The van der Waals surface area contributed by atoms with Crippen LogP contribution in [0.25, 0.3) is 5.57 Å². The Balaban J connectivity index is 1.27. The monoisotopic (exact) mass is 779 g/mol. The van der Waals surface area contributed by atoms with E-state index in [1.54, 1.807) is 18.2 Å². The normalized spacial score (nSPS) is 19.5. The molecule has 5 rings (SSSR count). The number of ether oxygens (including phenoxy) is 2. The maximum absolute atomic E-state index is 13.5. The van der Waals surface area contributed by atoms with E-state index in [0.717, 1.165) is 51.9 Å². The molecule has 0 aromatic heterocycles. The van der Waals surface area contributed by atoms with Crippen LogP contribution in [0.1, 0.15) is 77.7 Å². The third-order valence-corrected chi connectivity index (χ3v) is 10.6. The van der Waals surface area contributed by atoms with E-state index >= 15 is 0 Å². The molecule has 3 aliphatic heterocycles. The van der Waals surface area contributed by atoms with Crippen molar-refractivity contribution in [1.82, 2.24) is 25.0 Å². The number of hydrogen-bond donors (Lipinski definition) is 3. The first-order valence-electron chi connectivity index (χ1n) is 19.8. The molecule has 0 radical (unpaired) electrons. The van der Waals surface area contributed by atoms with Crippen LogP contribution in [0.5, 0.6) is 0 Å². The molecule has 2 fully saturated rings. The summed E-state index contributed by atoms with van der Waals surface area (Å²) in [7, 11) is 3.97. The largest absolute Gasteiger partial charge is 0.506 e. The number of aliphatic hydroxyl groups excluding tert-OH is 1. The molecule has 2 amide bonds. The van der Waals surface area contributed by atoms with Crippen molar-refractivity contribution in [1.29, 1.82) is 0 Å². The molecule has 3 heterocycles. The van der Waals surface area contributed by atoms with Gasteiger partial charge in [-0.05, 0) is 64.7 Å². The minimum absolute atomic E-state index is 0.0303. The lowest BCUT2D eigenvalue weighted by atomic mass is 9.80. The van der Waals surface area contributed by atoms with E-state index in [0.29, 0.717) is 25.2 Å². The lowest BCUT2D eigenvalue weighted by Gasteiger charge is -2.34. The molecular formula is C40H59N8O8+. The van der Waals surface area contributed by atoms with Gasteiger partial charge >= 0.3 is 17.8 Å². The van der Waals surface area contributed by atoms with E-state index in [-0.39, 0.29) is 84.8 Å². The second-order valence-corrected chi connectivity index (χ2v) is 15.6. The smallest absolute Gasteiger partial charge is 0.315 e. The van der Waals surface area contributed by atoms with Gasteiger partial charge in [-0.25, -0.2) is 20.0 Å². The Hall–Kier alpha value is -4.64. The highest BCUT2D eigenvalue weighted by Crippen LogP contribution is 2.42. The third kappa shape index (κ3) is 10.6. The minimum Gasteiger partial charge on any atom is -0.506 e. The highest BCUT2D eigenvalue weighted by Gasteiger charge is 2.46. The number of esters is 2. The van der Waals surface area contributed by atoms with E-state index < -0.39 is 17.2 Å². The molecule has 0 spiro atoms. The van der Waals surface area contributed by atoms with Crippen molar-refractivity contribution in [3.8, 4) is 0 Å². The fourth-order valence-electron chi connectivity index (χ4n) is 7.36. The van der Waals surface area contributed by atoms with E-state index in [4.69, 9.17) is 9.47 Å². The Bertz CT molecular complexity index is 1660.